The van der Waals surface area contributed by atoms with E-state index >= 15 is 0 Å². The zero-order chi connectivity index (χ0) is 14.4. The molecule has 2 unspecified atom stereocenters. The Balaban J connectivity index is 2.37. The summed E-state index contributed by atoms with van der Waals surface area (Å²) in [6.45, 7) is 4.58. The highest BCUT2D eigenvalue weighted by Gasteiger charge is 2.30. The first kappa shape index (κ1) is 15.9. The molecule has 0 aromatic rings. The number of nitrogens with two attached hydrogens (primary N) is 1. The van der Waals surface area contributed by atoms with Gasteiger partial charge in [-0.05, 0) is 46.2 Å². The predicted octanol–water partition coefficient (Wildman–Crippen LogP) is 0.280. The number of likely N-dealkylation sites (N-methyl/N-ethyl adjacent to an activating group) is 1. The van der Waals surface area contributed by atoms with E-state index in [-0.39, 0.29) is 18.5 Å². The van der Waals surface area contributed by atoms with E-state index < -0.39 is 6.03 Å². The molecule has 0 saturated heterocycles. The van der Waals surface area contributed by atoms with Gasteiger partial charge in [-0.2, -0.15) is 0 Å². The number of imide groups is 1. The summed E-state index contributed by atoms with van der Waals surface area (Å²) < 4.78 is 0. The molecule has 0 aromatic heterocycles. The Morgan fingerprint density at radius 1 is 1.37 bits per heavy atom. The van der Waals surface area contributed by atoms with Gasteiger partial charge in [-0.15, -0.1) is 0 Å². The molecule has 19 heavy (non-hydrogen) atoms. The molecule has 0 spiro atoms. The maximum absolute atomic E-state index is 11.8. The fraction of sp³-hybridized carbons (Fsp3) is 0.846. The van der Waals surface area contributed by atoms with Crippen LogP contribution in [-0.2, 0) is 4.79 Å². The lowest BCUT2D eigenvalue weighted by Gasteiger charge is -2.28. The molecule has 110 valence electrons. The van der Waals surface area contributed by atoms with Crippen LogP contribution in [0.2, 0.25) is 0 Å². The van der Waals surface area contributed by atoms with Gasteiger partial charge in [0.15, 0.2) is 0 Å². The van der Waals surface area contributed by atoms with Crippen molar-refractivity contribution < 1.29 is 9.59 Å². The Hall–Kier alpha value is -1.14. The maximum Gasteiger partial charge on any atom is 0.321 e. The van der Waals surface area contributed by atoms with Crippen LogP contribution in [0.25, 0.3) is 0 Å². The zero-order valence-corrected chi connectivity index (χ0v) is 12.1. The SMILES string of the molecule is CC(C)NC(=O)NC(=O)CN(C)C1CCCC1CN. The summed E-state index contributed by atoms with van der Waals surface area (Å²) in [4.78, 5) is 25.2. The monoisotopic (exact) mass is 270 g/mol. The zero-order valence-electron chi connectivity index (χ0n) is 12.1. The lowest BCUT2D eigenvalue weighted by atomic mass is 10.0. The molecule has 0 bridgehead atoms. The molecule has 0 aliphatic heterocycles. The van der Waals surface area contributed by atoms with Crippen molar-refractivity contribution >= 4 is 11.9 Å². The number of hydrogen-bond donors (Lipinski definition) is 3. The minimum absolute atomic E-state index is 0.0157. The van der Waals surface area contributed by atoms with Crippen molar-refractivity contribution in [3.05, 3.63) is 0 Å². The van der Waals surface area contributed by atoms with Gasteiger partial charge in [-0.1, -0.05) is 6.42 Å². The Bertz CT molecular complexity index is 320. The Morgan fingerprint density at radius 3 is 2.63 bits per heavy atom. The number of nitrogens with one attached hydrogen (secondary N) is 2. The van der Waals surface area contributed by atoms with E-state index in [1.54, 1.807) is 0 Å². The van der Waals surface area contributed by atoms with Crippen molar-refractivity contribution in [2.24, 2.45) is 11.7 Å². The van der Waals surface area contributed by atoms with E-state index in [0.29, 0.717) is 18.5 Å². The molecule has 1 aliphatic carbocycles. The second kappa shape index (κ2) is 7.45. The minimum Gasteiger partial charge on any atom is -0.336 e. The molecule has 4 N–H and O–H groups in total. The molecule has 0 heterocycles. The highest BCUT2D eigenvalue weighted by atomic mass is 16.2. The third-order valence-corrected chi connectivity index (χ3v) is 3.55. The molecule has 0 radical (unpaired) electrons. The average molecular weight is 270 g/mol. The van der Waals surface area contributed by atoms with Gasteiger partial charge in [0, 0.05) is 12.1 Å². The number of nitrogens with zero attached hydrogens (tertiary/aromatic N) is 1. The van der Waals surface area contributed by atoms with E-state index in [9.17, 15) is 9.59 Å². The number of rotatable bonds is 5. The van der Waals surface area contributed by atoms with Crippen LogP contribution in [0.4, 0.5) is 4.79 Å². The number of carbonyl (C=O) groups is 2. The molecule has 1 fully saturated rings. The van der Waals surface area contributed by atoms with E-state index in [0.717, 1.165) is 19.3 Å². The van der Waals surface area contributed by atoms with Crippen LogP contribution < -0.4 is 16.4 Å². The van der Waals surface area contributed by atoms with Gasteiger partial charge in [-0.25, -0.2) is 4.79 Å². The van der Waals surface area contributed by atoms with Crippen LogP contribution in [0.5, 0.6) is 0 Å². The molecular formula is C13H26N4O2. The van der Waals surface area contributed by atoms with Crippen LogP contribution in [0.15, 0.2) is 0 Å². The van der Waals surface area contributed by atoms with Crippen LogP contribution in [-0.4, -0.2) is 49.1 Å². The quantitative estimate of drug-likeness (QED) is 0.669. The van der Waals surface area contributed by atoms with E-state index in [2.05, 4.69) is 10.6 Å². The second-order valence-corrected chi connectivity index (χ2v) is 5.59. The van der Waals surface area contributed by atoms with Crippen molar-refractivity contribution in [2.75, 3.05) is 20.1 Å². The Labute approximate surface area is 115 Å². The number of hydrogen-bond acceptors (Lipinski definition) is 4. The van der Waals surface area contributed by atoms with E-state index in [1.807, 2.05) is 25.8 Å². The third-order valence-electron chi connectivity index (χ3n) is 3.55. The van der Waals surface area contributed by atoms with Crippen molar-refractivity contribution in [1.29, 1.82) is 0 Å². The van der Waals surface area contributed by atoms with Crippen LogP contribution >= 0.6 is 0 Å². The lowest BCUT2D eigenvalue weighted by molar-refractivity contribution is -0.121. The Morgan fingerprint density at radius 2 is 2.05 bits per heavy atom. The molecule has 0 aromatic carbocycles. The normalized spacial score (nSPS) is 22.8. The standard InChI is InChI=1S/C13H26N4O2/c1-9(2)15-13(19)16-12(18)8-17(3)11-6-4-5-10(11)7-14/h9-11H,4-8,14H2,1-3H3,(H2,15,16,18,19). The summed E-state index contributed by atoms with van der Waals surface area (Å²) in [5.74, 6) is 0.186. The predicted molar refractivity (Wildman–Crippen MR) is 74.6 cm³/mol. The lowest BCUT2D eigenvalue weighted by Crippen LogP contribution is -2.48. The summed E-state index contributed by atoms with van der Waals surface area (Å²) in [5, 5.41) is 4.96. The molecular weight excluding hydrogens is 244 g/mol. The van der Waals surface area contributed by atoms with Crippen molar-refractivity contribution in [3.8, 4) is 0 Å². The van der Waals surface area contributed by atoms with Gasteiger partial charge in [0.25, 0.3) is 0 Å². The third kappa shape index (κ3) is 5.16. The van der Waals surface area contributed by atoms with Gasteiger partial charge in [0.05, 0.1) is 6.54 Å². The molecule has 1 aliphatic rings. The summed E-state index contributed by atoms with van der Waals surface area (Å²) in [7, 11) is 1.92. The molecule has 3 amide bonds. The van der Waals surface area contributed by atoms with Crippen LogP contribution in [0, 0.1) is 5.92 Å². The topological polar surface area (TPSA) is 87.5 Å². The first-order valence-electron chi connectivity index (χ1n) is 6.94. The second-order valence-electron chi connectivity index (χ2n) is 5.59. The molecule has 1 rings (SSSR count). The van der Waals surface area contributed by atoms with Crippen molar-refractivity contribution in [1.82, 2.24) is 15.5 Å². The maximum atomic E-state index is 11.8. The van der Waals surface area contributed by atoms with Gasteiger partial charge < -0.3 is 11.1 Å². The van der Waals surface area contributed by atoms with Gasteiger partial charge in [-0.3, -0.25) is 15.0 Å². The number of urea groups is 1. The summed E-state index contributed by atoms with van der Waals surface area (Å²) >= 11 is 0. The van der Waals surface area contributed by atoms with Crippen LogP contribution in [0.1, 0.15) is 33.1 Å². The van der Waals surface area contributed by atoms with Crippen molar-refractivity contribution in [3.63, 3.8) is 0 Å². The number of amides is 3. The fourth-order valence-electron chi connectivity index (χ4n) is 2.68. The molecule has 6 heteroatoms. The van der Waals surface area contributed by atoms with E-state index in [4.69, 9.17) is 5.73 Å². The fourth-order valence-corrected chi connectivity index (χ4v) is 2.68. The first-order chi connectivity index (χ1) is 8.93. The summed E-state index contributed by atoms with van der Waals surface area (Å²) in [6, 6.07) is -0.0684. The highest BCUT2D eigenvalue weighted by molar-refractivity contribution is 5.95. The van der Waals surface area contributed by atoms with E-state index in [1.165, 1.54) is 0 Å². The smallest absolute Gasteiger partial charge is 0.321 e. The molecule has 2 atom stereocenters. The minimum atomic E-state index is -0.435. The molecule has 1 saturated carbocycles. The van der Waals surface area contributed by atoms with Crippen LogP contribution in [0.3, 0.4) is 0 Å². The van der Waals surface area contributed by atoms with Crippen molar-refractivity contribution in [2.45, 2.75) is 45.2 Å². The average Bonchev–Trinajstić information content (AvgIpc) is 2.74. The summed E-state index contributed by atoms with van der Waals surface area (Å²) in [6.07, 6.45) is 3.36. The number of carbonyl (C=O) groups excluding carboxylic acids is 2. The van der Waals surface area contributed by atoms with Gasteiger partial charge in [0.1, 0.15) is 0 Å². The van der Waals surface area contributed by atoms with Gasteiger partial charge in [0.2, 0.25) is 5.91 Å². The van der Waals surface area contributed by atoms with Gasteiger partial charge >= 0.3 is 6.03 Å². The Kier molecular flexibility index (Phi) is 6.24. The summed E-state index contributed by atoms with van der Waals surface area (Å²) in [5.41, 5.74) is 5.74. The largest absolute Gasteiger partial charge is 0.336 e. The molecule has 6 nitrogen and oxygen atoms in total. The highest BCUT2D eigenvalue weighted by Crippen LogP contribution is 2.28. The first-order valence-corrected chi connectivity index (χ1v) is 6.94.